The molecular weight excluding hydrogens is 203 g/mol. The molecule has 0 aliphatic heterocycles. The van der Waals surface area contributed by atoms with Crippen molar-refractivity contribution in [1.29, 1.82) is 0 Å². The highest BCUT2D eigenvalue weighted by atomic mass is 19.1. The molecule has 2 aromatic carbocycles. The average Bonchev–Trinajstić information content (AvgIpc) is 2.32. The van der Waals surface area contributed by atoms with E-state index in [0.29, 0.717) is 0 Å². The molecule has 0 N–H and O–H groups in total. The topological polar surface area (TPSA) is 9.23 Å². The fraction of sp³-hybridized carbons (Fsp3) is 0. The third kappa shape index (κ3) is 2.28. The van der Waals surface area contributed by atoms with Crippen molar-refractivity contribution in [3.63, 3.8) is 0 Å². The minimum Gasteiger partial charge on any atom is -0.466 e. The van der Waals surface area contributed by atoms with E-state index in [1.807, 2.05) is 24.3 Å². The molecule has 0 saturated heterocycles. The van der Waals surface area contributed by atoms with Crippen molar-refractivity contribution in [2.75, 3.05) is 0 Å². The van der Waals surface area contributed by atoms with Crippen LogP contribution in [0.2, 0.25) is 0 Å². The maximum absolute atomic E-state index is 12.7. The molecule has 0 spiro atoms. The molecule has 0 atom stereocenters. The Morgan fingerprint density at radius 2 is 1.38 bits per heavy atom. The highest BCUT2D eigenvalue weighted by Gasteiger charge is 1.98. The predicted molar refractivity (Wildman–Crippen MR) is 62.7 cm³/mol. The van der Waals surface area contributed by atoms with E-state index in [1.54, 1.807) is 12.1 Å². The summed E-state index contributed by atoms with van der Waals surface area (Å²) < 4.78 is 17.9. The van der Waals surface area contributed by atoms with Gasteiger partial charge in [-0.05, 0) is 35.4 Å². The Hall–Kier alpha value is -2.09. The first-order valence-electron chi connectivity index (χ1n) is 4.93. The van der Waals surface area contributed by atoms with E-state index < -0.39 is 0 Å². The average molecular weight is 214 g/mol. The van der Waals surface area contributed by atoms with Gasteiger partial charge in [0.15, 0.2) is 0 Å². The van der Waals surface area contributed by atoms with Gasteiger partial charge in [0.05, 0.1) is 6.26 Å². The van der Waals surface area contributed by atoms with Crippen LogP contribution in [0.4, 0.5) is 4.39 Å². The number of benzene rings is 2. The van der Waals surface area contributed by atoms with E-state index in [-0.39, 0.29) is 5.82 Å². The Balaban J connectivity index is 2.27. The van der Waals surface area contributed by atoms with Crippen molar-refractivity contribution < 1.29 is 9.13 Å². The van der Waals surface area contributed by atoms with Gasteiger partial charge in [-0.25, -0.2) is 4.39 Å². The molecule has 0 aliphatic carbocycles. The molecule has 0 amide bonds. The first kappa shape index (κ1) is 10.4. The minimum atomic E-state index is -0.227. The second-order valence-electron chi connectivity index (χ2n) is 3.32. The van der Waals surface area contributed by atoms with Crippen LogP contribution in [0.3, 0.4) is 0 Å². The summed E-state index contributed by atoms with van der Waals surface area (Å²) in [6.45, 7) is 3.48. The highest BCUT2D eigenvalue weighted by Crippen LogP contribution is 2.22. The van der Waals surface area contributed by atoms with Gasteiger partial charge in [-0.15, -0.1) is 0 Å². The lowest BCUT2D eigenvalue weighted by molar-refractivity contribution is 0.483. The Labute approximate surface area is 93.8 Å². The zero-order valence-electron chi connectivity index (χ0n) is 8.69. The standard InChI is InChI=1S/C14H11FO/c1-2-16-14-9-5-12(6-10-14)11-3-7-13(15)8-4-11/h2-10H,1H2. The monoisotopic (exact) mass is 214 g/mol. The third-order valence-electron chi connectivity index (χ3n) is 2.25. The molecular formula is C14H11FO. The van der Waals surface area contributed by atoms with Crippen LogP contribution in [0.5, 0.6) is 5.75 Å². The molecule has 80 valence electrons. The van der Waals surface area contributed by atoms with E-state index in [2.05, 4.69) is 6.58 Å². The summed E-state index contributed by atoms with van der Waals surface area (Å²) in [5.74, 6) is 0.510. The van der Waals surface area contributed by atoms with E-state index >= 15 is 0 Å². The zero-order valence-corrected chi connectivity index (χ0v) is 8.69. The van der Waals surface area contributed by atoms with Gasteiger partial charge in [0.25, 0.3) is 0 Å². The van der Waals surface area contributed by atoms with Gasteiger partial charge >= 0.3 is 0 Å². The van der Waals surface area contributed by atoms with Crippen molar-refractivity contribution in [1.82, 2.24) is 0 Å². The Bertz CT molecular complexity index is 471. The summed E-state index contributed by atoms with van der Waals surface area (Å²) in [4.78, 5) is 0. The van der Waals surface area contributed by atoms with Crippen molar-refractivity contribution in [3.05, 3.63) is 67.2 Å². The van der Waals surface area contributed by atoms with Gasteiger partial charge in [-0.3, -0.25) is 0 Å². The number of hydrogen-bond donors (Lipinski definition) is 0. The minimum absolute atomic E-state index is 0.227. The molecule has 0 aliphatic rings. The van der Waals surface area contributed by atoms with E-state index in [4.69, 9.17) is 4.74 Å². The van der Waals surface area contributed by atoms with Gasteiger partial charge in [-0.1, -0.05) is 30.8 Å². The van der Waals surface area contributed by atoms with Crippen molar-refractivity contribution >= 4 is 0 Å². The number of halogens is 1. The summed E-state index contributed by atoms with van der Waals surface area (Å²) >= 11 is 0. The van der Waals surface area contributed by atoms with E-state index in [0.717, 1.165) is 16.9 Å². The SMILES string of the molecule is C=COc1ccc(-c2ccc(F)cc2)cc1. The molecule has 2 rings (SSSR count). The van der Waals surface area contributed by atoms with Gasteiger partial charge in [0.2, 0.25) is 0 Å². The largest absolute Gasteiger partial charge is 0.466 e. The summed E-state index contributed by atoms with van der Waals surface area (Å²) in [5.41, 5.74) is 2.00. The van der Waals surface area contributed by atoms with Gasteiger partial charge in [-0.2, -0.15) is 0 Å². The van der Waals surface area contributed by atoms with Gasteiger partial charge < -0.3 is 4.74 Å². The zero-order chi connectivity index (χ0) is 11.4. The van der Waals surface area contributed by atoms with Crippen LogP contribution in [0.1, 0.15) is 0 Å². The molecule has 2 aromatic rings. The second-order valence-corrected chi connectivity index (χ2v) is 3.32. The smallest absolute Gasteiger partial charge is 0.126 e. The third-order valence-corrected chi connectivity index (χ3v) is 2.25. The van der Waals surface area contributed by atoms with Gasteiger partial charge in [0, 0.05) is 0 Å². The second kappa shape index (κ2) is 4.62. The van der Waals surface area contributed by atoms with Crippen LogP contribution in [0, 0.1) is 5.82 Å². The molecule has 0 heterocycles. The molecule has 0 unspecified atom stereocenters. The lowest BCUT2D eigenvalue weighted by Gasteiger charge is -2.03. The van der Waals surface area contributed by atoms with Crippen LogP contribution in [-0.4, -0.2) is 0 Å². The molecule has 0 bridgehead atoms. The van der Waals surface area contributed by atoms with Crippen LogP contribution in [0.15, 0.2) is 61.4 Å². The fourth-order valence-corrected chi connectivity index (χ4v) is 1.46. The summed E-state index contributed by atoms with van der Waals surface area (Å²) in [6.07, 6.45) is 1.38. The maximum atomic E-state index is 12.7. The van der Waals surface area contributed by atoms with Crippen molar-refractivity contribution in [2.45, 2.75) is 0 Å². The van der Waals surface area contributed by atoms with Crippen LogP contribution < -0.4 is 4.74 Å². The normalized spacial score (nSPS) is 9.81. The summed E-state index contributed by atoms with van der Waals surface area (Å²) in [7, 11) is 0. The first-order chi connectivity index (χ1) is 7.79. The highest BCUT2D eigenvalue weighted by molar-refractivity contribution is 5.63. The number of ether oxygens (including phenoxy) is 1. The molecule has 16 heavy (non-hydrogen) atoms. The molecule has 0 radical (unpaired) electrons. The molecule has 0 fully saturated rings. The molecule has 0 aromatic heterocycles. The van der Waals surface area contributed by atoms with Crippen molar-refractivity contribution in [2.24, 2.45) is 0 Å². The van der Waals surface area contributed by atoms with Gasteiger partial charge in [0.1, 0.15) is 11.6 Å². The Morgan fingerprint density at radius 3 is 1.88 bits per heavy atom. The predicted octanol–water partition coefficient (Wildman–Crippen LogP) is 4.02. The molecule has 2 heteroatoms. The molecule has 1 nitrogen and oxygen atoms in total. The molecule has 0 saturated carbocycles. The lowest BCUT2D eigenvalue weighted by Crippen LogP contribution is -1.82. The van der Waals surface area contributed by atoms with Crippen molar-refractivity contribution in [3.8, 4) is 16.9 Å². The van der Waals surface area contributed by atoms with E-state index in [9.17, 15) is 4.39 Å². The fourth-order valence-electron chi connectivity index (χ4n) is 1.46. The summed E-state index contributed by atoms with van der Waals surface area (Å²) in [5, 5.41) is 0. The number of hydrogen-bond acceptors (Lipinski definition) is 1. The van der Waals surface area contributed by atoms with Crippen LogP contribution >= 0.6 is 0 Å². The lowest BCUT2D eigenvalue weighted by atomic mass is 10.1. The summed E-state index contributed by atoms with van der Waals surface area (Å²) in [6, 6.07) is 13.9. The maximum Gasteiger partial charge on any atom is 0.126 e. The first-order valence-corrected chi connectivity index (χ1v) is 4.93. The number of rotatable bonds is 3. The van der Waals surface area contributed by atoms with E-state index in [1.165, 1.54) is 18.4 Å². The van der Waals surface area contributed by atoms with Crippen LogP contribution in [0.25, 0.3) is 11.1 Å². The Kier molecular flexibility index (Phi) is 3.01. The Morgan fingerprint density at radius 1 is 0.875 bits per heavy atom. The van der Waals surface area contributed by atoms with Crippen LogP contribution in [-0.2, 0) is 0 Å². The quantitative estimate of drug-likeness (QED) is 0.701.